The Morgan fingerprint density at radius 3 is 3.00 bits per heavy atom. The molecule has 13 heavy (non-hydrogen) atoms. The molecule has 4 heteroatoms. The van der Waals surface area contributed by atoms with E-state index in [0.717, 1.165) is 0 Å². The zero-order valence-electron chi connectivity index (χ0n) is 6.48. The first-order chi connectivity index (χ1) is 6.24. The van der Waals surface area contributed by atoms with E-state index in [9.17, 15) is 4.79 Å². The summed E-state index contributed by atoms with van der Waals surface area (Å²) in [5.74, 6) is 3.53. The maximum absolute atomic E-state index is 10.5. The van der Waals surface area contributed by atoms with Crippen LogP contribution in [0.5, 0.6) is 0 Å². The van der Waals surface area contributed by atoms with Crippen molar-refractivity contribution >= 4 is 5.97 Å². The molecule has 62 valence electrons. The second kappa shape index (κ2) is 3.89. The average Bonchev–Trinajstić information content (AvgIpc) is 2.15. The lowest BCUT2D eigenvalue weighted by atomic mass is 10.2. The third-order valence-electron chi connectivity index (χ3n) is 1.24. The van der Waals surface area contributed by atoms with Gasteiger partial charge in [-0.25, -0.2) is 9.78 Å². The predicted molar refractivity (Wildman–Crippen MR) is 43.7 cm³/mol. The van der Waals surface area contributed by atoms with E-state index < -0.39 is 5.97 Å². The van der Waals surface area contributed by atoms with Gasteiger partial charge in [0.15, 0.2) is 6.07 Å². The van der Waals surface area contributed by atoms with Crippen LogP contribution >= 0.6 is 0 Å². The Bertz CT molecular complexity index is 435. The summed E-state index contributed by atoms with van der Waals surface area (Å²) in [4.78, 5) is 14.0. The topological polar surface area (TPSA) is 74.0 Å². The summed E-state index contributed by atoms with van der Waals surface area (Å²) in [6.07, 6.45) is 1.34. The van der Waals surface area contributed by atoms with E-state index in [-0.39, 0.29) is 5.69 Å². The fraction of sp³-hybridized carbons (Fsp3) is 0. The quantitative estimate of drug-likeness (QED) is 0.631. The molecule has 0 aliphatic heterocycles. The van der Waals surface area contributed by atoms with Crippen molar-refractivity contribution in [3.8, 4) is 17.9 Å². The summed E-state index contributed by atoms with van der Waals surface area (Å²) in [5.41, 5.74) is 0.388. The number of carbonyl (C=O) groups is 1. The van der Waals surface area contributed by atoms with E-state index in [1.165, 1.54) is 18.3 Å². The van der Waals surface area contributed by atoms with Gasteiger partial charge in [0.1, 0.15) is 5.69 Å². The molecule has 1 aromatic rings. The number of rotatable bonds is 1. The number of hydrogen-bond donors (Lipinski definition) is 1. The molecule has 1 aromatic heterocycles. The van der Waals surface area contributed by atoms with Gasteiger partial charge in [0, 0.05) is 17.7 Å². The molecular formula is C9H4N2O2. The molecule has 0 aromatic carbocycles. The van der Waals surface area contributed by atoms with Crippen LogP contribution < -0.4 is 0 Å². The number of aromatic carboxylic acids is 1. The molecule has 0 amide bonds. The number of nitriles is 1. The molecule has 4 nitrogen and oxygen atoms in total. The largest absolute Gasteiger partial charge is 0.477 e. The van der Waals surface area contributed by atoms with Crippen molar-refractivity contribution in [2.24, 2.45) is 0 Å². The summed E-state index contributed by atoms with van der Waals surface area (Å²) in [7, 11) is 0. The van der Waals surface area contributed by atoms with Crippen LogP contribution in [0.15, 0.2) is 18.3 Å². The van der Waals surface area contributed by atoms with Gasteiger partial charge >= 0.3 is 5.97 Å². The van der Waals surface area contributed by atoms with Crippen LogP contribution in [-0.2, 0) is 0 Å². The molecule has 1 N–H and O–H groups in total. The van der Waals surface area contributed by atoms with E-state index in [2.05, 4.69) is 16.8 Å². The summed E-state index contributed by atoms with van der Waals surface area (Å²) < 4.78 is 0. The van der Waals surface area contributed by atoms with Crippen molar-refractivity contribution in [3.05, 3.63) is 29.6 Å². The number of hydrogen-bond acceptors (Lipinski definition) is 3. The van der Waals surface area contributed by atoms with Crippen LogP contribution in [0.1, 0.15) is 16.1 Å². The molecule has 0 spiro atoms. The van der Waals surface area contributed by atoms with E-state index in [1.807, 2.05) is 0 Å². The molecule has 0 radical (unpaired) electrons. The summed E-state index contributed by atoms with van der Waals surface area (Å²) >= 11 is 0. The normalized spacial score (nSPS) is 7.92. The van der Waals surface area contributed by atoms with Crippen LogP contribution in [0.3, 0.4) is 0 Å². The molecule has 0 aliphatic carbocycles. The standard InChI is InChI=1S/C9H4N2O2/c10-4-1-2-7-3-5-11-8(6-7)9(12)13/h3,5-6H,(H,12,13). The third-order valence-corrected chi connectivity index (χ3v) is 1.24. The summed E-state index contributed by atoms with van der Waals surface area (Å²) in [5, 5.41) is 16.7. The Labute approximate surface area is 74.5 Å². The highest BCUT2D eigenvalue weighted by Crippen LogP contribution is 1.99. The van der Waals surface area contributed by atoms with Crippen molar-refractivity contribution in [3.63, 3.8) is 0 Å². The minimum atomic E-state index is -1.11. The van der Waals surface area contributed by atoms with Crippen molar-refractivity contribution < 1.29 is 9.90 Å². The van der Waals surface area contributed by atoms with E-state index in [4.69, 9.17) is 10.4 Å². The average molecular weight is 172 g/mol. The molecular weight excluding hydrogens is 168 g/mol. The highest BCUT2D eigenvalue weighted by molar-refractivity contribution is 5.85. The maximum Gasteiger partial charge on any atom is 0.354 e. The van der Waals surface area contributed by atoms with Gasteiger partial charge in [-0.2, -0.15) is 5.26 Å². The van der Waals surface area contributed by atoms with Gasteiger partial charge in [-0.3, -0.25) is 0 Å². The fourth-order valence-electron chi connectivity index (χ4n) is 0.725. The number of aromatic nitrogens is 1. The Balaban J connectivity index is 3.07. The van der Waals surface area contributed by atoms with Crippen molar-refractivity contribution in [2.75, 3.05) is 0 Å². The first kappa shape index (κ1) is 8.76. The first-order valence-corrected chi connectivity index (χ1v) is 3.33. The molecule has 0 unspecified atom stereocenters. The Kier molecular flexibility index (Phi) is 2.62. The van der Waals surface area contributed by atoms with Crippen LogP contribution in [0.2, 0.25) is 0 Å². The Morgan fingerprint density at radius 1 is 1.62 bits per heavy atom. The highest BCUT2D eigenvalue weighted by Gasteiger charge is 2.02. The first-order valence-electron chi connectivity index (χ1n) is 3.33. The van der Waals surface area contributed by atoms with Crippen molar-refractivity contribution in [2.45, 2.75) is 0 Å². The molecule has 0 bridgehead atoms. The van der Waals surface area contributed by atoms with Gasteiger partial charge in [-0.15, -0.1) is 0 Å². The van der Waals surface area contributed by atoms with Crippen LogP contribution in [0.4, 0.5) is 0 Å². The van der Waals surface area contributed by atoms with Crippen LogP contribution in [0, 0.1) is 23.2 Å². The smallest absolute Gasteiger partial charge is 0.354 e. The Hall–Kier alpha value is -2.33. The minimum absolute atomic E-state index is 0.0789. The molecule has 0 atom stereocenters. The minimum Gasteiger partial charge on any atom is -0.477 e. The molecule has 0 saturated heterocycles. The molecule has 1 rings (SSSR count). The zero-order valence-corrected chi connectivity index (χ0v) is 6.48. The maximum atomic E-state index is 10.5. The summed E-state index contributed by atoms with van der Waals surface area (Å²) in [6.45, 7) is 0. The number of nitrogens with zero attached hydrogens (tertiary/aromatic N) is 2. The van der Waals surface area contributed by atoms with Crippen molar-refractivity contribution in [1.82, 2.24) is 4.98 Å². The van der Waals surface area contributed by atoms with E-state index in [1.54, 1.807) is 6.07 Å². The van der Waals surface area contributed by atoms with E-state index >= 15 is 0 Å². The SMILES string of the molecule is N#CC#Cc1ccnc(C(=O)O)c1. The number of pyridine rings is 1. The van der Waals surface area contributed by atoms with Gasteiger partial charge in [0.2, 0.25) is 0 Å². The van der Waals surface area contributed by atoms with Crippen LogP contribution in [-0.4, -0.2) is 16.1 Å². The number of carboxylic acid groups (broad SMARTS) is 1. The Morgan fingerprint density at radius 2 is 2.38 bits per heavy atom. The summed E-state index contributed by atoms with van der Waals surface area (Å²) in [6, 6.07) is 4.49. The van der Waals surface area contributed by atoms with Gasteiger partial charge in [0.25, 0.3) is 0 Å². The third kappa shape index (κ3) is 2.32. The lowest BCUT2D eigenvalue weighted by molar-refractivity contribution is 0.0690. The fourth-order valence-corrected chi connectivity index (χ4v) is 0.725. The van der Waals surface area contributed by atoms with Gasteiger partial charge in [-0.05, 0) is 12.1 Å². The lowest BCUT2D eigenvalue weighted by Gasteiger charge is -1.92. The predicted octanol–water partition coefficient (Wildman–Crippen LogP) is 0.655. The van der Waals surface area contributed by atoms with E-state index in [0.29, 0.717) is 5.56 Å². The lowest BCUT2D eigenvalue weighted by Crippen LogP contribution is -1.99. The second-order valence-corrected chi connectivity index (χ2v) is 2.10. The second-order valence-electron chi connectivity index (χ2n) is 2.10. The number of carboxylic acids is 1. The zero-order chi connectivity index (χ0) is 9.68. The molecule has 0 aliphatic rings. The highest BCUT2D eigenvalue weighted by atomic mass is 16.4. The van der Waals surface area contributed by atoms with Gasteiger partial charge < -0.3 is 5.11 Å². The van der Waals surface area contributed by atoms with Crippen molar-refractivity contribution in [1.29, 1.82) is 5.26 Å². The van der Waals surface area contributed by atoms with Crippen LogP contribution in [0.25, 0.3) is 0 Å². The van der Waals surface area contributed by atoms with Gasteiger partial charge in [0.05, 0.1) is 0 Å². The molecule has 0 saturated carbocycles. The van der Waals surface area contributed by atoms with Gasteiger partial charge in [-0.1, -0.05) is 5.92 Å². The molecule has 1 heterocycles. The monoisotopic (exact) mass is 172 g/mol. The molecule has 0 fully saturated rings.